The van der Waals surface area contributed by atoms with Gasteiger partial charge in [-0.3, -0.25) is 4.57 Å². The van der Waals surface area contributed by atoms with E-state index in [2.05, 4.69) is 41.0 Å². The molecule has 4 aromatic rings. The van der Waals surface area contributed by atoms with Crippen molar-refractivity contribution in [2.45, 2.75) is 42.8 Å². The summed E-state index contributed by atoms with van der Waals surface area (Å²) in [5.41, 5.74) is 0.972. The largest absolute Gasteiger partial charge is 0.393 e. The molecule has 20 heteroatoms. The number of aromatic amines is 1. The number of nitrogens with zero attached hydrogens (tertiary/aromatic N) is 7. The summed E-state index contributed by atoms with van der Waals surface area (Å²) < 4.78 is 24.8. The smallest absolute Gasteiger partial charge is 0.359 e. The standard InChI is InChI=1S/C21H24Cl2N9O8P/c22-12-4-2-1-3-10(12)6-24-17-11-7-25-32(18(11)27-20(23)26-17)19-16(35)15(34)13(40-19)8-39-21(9-33,41(36,37)38)5-14-28-30-31-29-14/h1-4,7,13,15-16,19,33-35H,5-6,8-9H2,(H,24,26,27)(H2,36,37,38)(H,28,29,30,31)/t13-,15-,16-,19+,21-/m1/s1. The monoisotopic (exact) mass is 631 g/mol. The van der Waals surface area contributed by atoms with Gasteiger partial charge in [-0.1, -0.05) is 35.0 Å². The van der Waals surface area contributed by atoms with Crippen LogP contribution in [0.2, 0.25) is 10.3 Å². The normalized spacial score (nSPS) is 22.7. The van der Waals surface area contributed by atoms with Gasteiger partial charge in [0.05, 0.1) is 31.2 Å². The Morgan fingerprint density at radius 1 is 1.20 bits per heavy atom. The Labute approximate surface area is 240 Å². The Morgan fingerprint density at radius 3 is 2.66 bits per heavy atom. The molecule has 0 saturated carbocycles. The molecule has 0 amide bonds. The highest BCUT2D eigenvalue weighted by atomic mass is 35.5. The van der Waals surface area contributed by atoms with Crippen LogP contribution in [0.4, 0.5) is 5.82 Å². The number of hydrogen-bond acceptors (Lipinski definition) is 13. The summed E-state index contributed by atoms with van der Waals surface area (Å²) in [4.78, 5) is 28.3. The van der Waals surface area contributed by atoms with Crippen molar-refractivity contribution in [2.24, 2.45) is 0 Å². The zero-order valence-electron chi connectivity index (χ0n) is 20.8. The zero-order valence-corrected chi connectivity index (χ0v) is 23.2. The van der Waals surface area contributed by atoms with Gasteiger partial charge in [-0.05, 0) is 23.2 Å². The molecule has 1 aliphatic heterocycles. The lowest BCUT2D eigenvalue weighted by Crippen LogP contribution is -2.43. The third kappa shape index (κ3) is 5.91. The highest BCUT2D eigenvalue weighted by molar-refractivity contribution is 7.53. The van der Waals surface area contributed by atoms with E-state index in [1.165, 1.54) is 10.9 Å². The minimum absolute atomic E-state index is 0.133. The molecule has 0 bridgehead atoms. The molecule has 7 N–H and O–H groups in total. The molecular formula is C21H24Cl2N9O8P. The number of anilines is 1. The van der Waals surface area contributed by atoms with E-state index >= 15 is 0 Å². The fraction of sp³-hybridized carbons (Fsp3) is 0.429. The lowest BCUT2D eigenvalue weighted by atomic mass is 10.1. The maximum Gasteiger partial charge on any atom is 0.359 e. The second-order valence-corrected chi connectivity index (χ2v) is 11.8. The highest BCUT2D eigenvalue weighted by Gasteiger charge is 2.52. The van der Waals surface area contributed by atoms with Gasteiger partial charge >= 0.3 is 7.60 Å². The molecule has 5 rings (SSSR count). The van der Waals surface area contributed by atoms with Crippen molar-refractivity contribution in [3.8, 4) is 0 Å². The van der Waals surface area contributed by atoms with Gasteiger partial charge in [0.1, 0.15) is 24.1 Å². The van der Waals surface area contributed by atoms with Crippen molar-refractivity contribution < 1.29 is 39.1 Å². The number of tetrazole rings is 1. The molecular weight excluding hydrogens is 608 g/mol. The second kappa shape index (κ2) is 11.8. The van der Waals surface area contributed by atoms with Crippen LogP contribution in [0.1, 0.15) is 17.6 Å². The van der Waals surface area contributed by atoms with Crippen LogP contribution in [0.5, 0.6) is 0 Å². The number of aliphatic hydroxyl groups excluding tert-OH is 3. The Kier molecular flexibility index (Phi) is 8.54. The summed E-state index contributed by atoms with van der Waals surface area (Å²) >= 11 is 12.4. The van der Waals surface area contributed by atoms with Crippen molar-refractivity contribution in [3.63, 3.8) is 0 Å². The van der Waals surface area contributed by atoms with Gasteiger partial charge in [-0.2, -0.15) is 20.3 Å². The molecule has 17 nitrogen and oxygen atoms in total. The fourth-order valence-corrected chi connectivity index (χ4v) is 5.42. The zero-order chi connectivity index (χ0) is 29.4. The predicted molar refractivity (Wildman–Crippen MR) is 141 cm³/mol. The number of rotatable bonds is 11. The predicted octanol–water partition coefficient (Wildman–Crippen LogP) is 0.00310. The van der Waals surface area contributed by atoms with Crippen molar-refractivity contribution in [1.82, 2.24) is 40.4 Å². The van der Waals surface area contributed by atoms with Crippen LogP contribution in [0.3, 0.4) is 0 Å². The summed E-state index contributed by atoms with van der Waals surface area (Å²) in [7, 11) is -5.14. The molecule has 3 aromatic heterocycles. The van der Waals surface area contributed by atoms with Crippen molar-refractivity contribution in [2.75, 3.05) is 18.5 Å². The summed E-state index contributed by atoms with van der Waals surface area (Å²) in [6.07, 6.45) is -4.92. The molecule has 0 spiro atoms. The van der Waals surface area contributed by atoms with Gasteiger partial charge in [-0.15, -0.1) is 10.2 Å². The summed E-state index contributed by atoms with van der Waals surface area (Å²) in [6, 6.07) is 7.23. The number of aromatic nitrogens is 8. The number of H-pyrrole nitrogens is 1. The molecule has 0 aliphatic carbocycles. The van der Waals surface area contributed by atoms with Crippen molar-refractivity contribution in [1.29, 1.82) is 0 Å². The topological polar surface area (TPSA) is 247 Å². The minimum atomic E-state index is -5.14. The number of fused-ring (bicyclic) bond motifs is 1. The van der Waals surface area contributed by atoms with E-state index in [0.717, 1.165) is 5.56 Å². The lowest BCUT2D eigenvalue weighted by Gasteiger charge is -2.32. The molecule has 1 aliphatic rings. The van der Waals surface area contributed by atoms with Gasteiger partial charge in [0.15, 0.2) is 23.0 Å². The van der Waals surface area contributed by atoms with E-state index in [9.17, 15) is 29.7 Å². The van der Waals surface area contributed by atoms with Crippen molar-refractivity contribution >= 4 is 47.6 Å². The lowest BCUT2D eigenvalue weighted by molar-refractivity contribution is -0.109. The van der Waals surface area contributed by atoms with Crippen LogP contribution in [0.25, 0.3) is 11.0 Å². The van der Waals surface area contributed by atoms with E-state index in [1.807, 2.05) is 12.1 Å². The molecule has 41 heavy (non-hydrogen) atoms. The Bertz CT molecular complexity index is 1560. The molecule has 1 fully saturated rings. The first-order valence-corrected chi connectivity index (χ1v) is 14.3. The van der Waals surface area contributed by atoms with Crippen LogP contribution >= 0.6 is 30.8 Å². The number of nitrogens with one attached hydrogen (secondary N) is 2. The van der Waals surface area contributed by atoms with Crippen LogP contribution in [-0.2, 0) is 27.0 Å². The van der Waals surface area contributed by atoms with Crippen LogP contribution in [0.15, 0.2) is 30.5 Å². The summed E-state index contributed by atoms with van der Waals surface area (Å²) in [6.45, 7) is -1.45. The highest BCUT2D eigenvalue weighted by Crippen LogP contribution is 2.53. The molecule has 1 aromatic carbocycles. The van der Waals surface area contributed by atoms with Gasteiger partial charge in [-0.25, -0.2) is 4.68 Å². The van der Waals surface area contributed by atoms with Gasteiger partial charge in [0.25, 0.3) is 0 Å². The van der Waals surface area contributed by atoms with E-state index in [0.29, 0.717) is 22.8 Å². The third-order valence-electron chi connectivity index (χ3n) is 6.53. The number of hydrogen-bond donors (Lipinski definition) is 7. The second-order valence-electron chi connectivity index (χ2n) is 9.12. The number of benzene rings is 1. The summed E-state index contributed by atoms with van der Waals surface area (Å²) in [5.74, 6) is 0.196. The van der Waals surface area contributed by atoms with Gasteiger partial charge < -0.3 is 39.9 Å². The van der Waals surface area contributed by atoms with E-state index in [1.54, 1.807) is 12.1 Å². The minimum Gasteiger partial charge on any atom is -0.393 e. The van der Waals surface area contributed by atoms with Gasteiger partial charge in [0.2, 0.25) is 5.28 Å². The van der Waals surface area contributed by atoms with Crippen LogP contribution < -0.4 is 5.32 Å². The number of halogens is 2. The molecule has 1 saturated heterocycles. The fourth-order valence-electron chi connectivity index (χ4n) is 4.28. The van der Waals surface area contributed by atoms with Gasteiger partial charge in [0, 0.05) is 11.6 Å². The average Bonchev–Trinajstić information content (AvgIpc) is 3.66. The molecule has 5 atom stereocenters. The first-order chi connectivity index (χ1) is 19.5. The average molecular weight is 632 g/mol. The maximum absolute atomic E-state index is 12.3. The third-order valence-corrected chi connectivity index (χ3v) is 8.55. The Hall–Kier alpha value is -2.83. The first kappa shape index (κ1) is 29.7. The maximum atomic E-state index is 12.3. The quantitative estimate of drug-likeness (QED) is 0.0850. The van der Waals surface area contributed by atoms with Crippen LogP contribution in [0, 0.1) is 0 Å². The number of aliphatic hydroxyl groups is 3. The van der Waals surface area contributed by atoms with E-state index in [4.69, 9.17) is 32.7 Å². The first-order valence-electron chi connectivity index (χ1n) is 12.0. The van der Waals surface area contributed by atoms with E-state index in [-0.39, 0.29) is 16.8 Å². The van der Waals surface area contributed by atoms with E-state index < -0.39 is 57.1 Å². The molecule has 0 radical (unpaired) electrons. The number of ether oxygens (including phenoxy) is 2. The molecule has 0 unspecified atom stereocenters. The SMILES string of the molecule is O=P(O)(O)[C@@](CO)(Cc1nn[nH]n1)OC[C@H]1O[C@H](n2ncc3c(NCc4ccccc4Cl)nc(Cl)nc32)[C@H](O)[C@@H]1O. The molecule has 4 heterocycles. The summed E-state index contributed by atoms with van der Waals surface area (Å²) in [5, 5.41) is 49.9. The van der Waals surface area contributed by atoms with Crippen LogP contribution in [-0.4, -0.2) is 102 Å². The Balaban J connectivity index is 1.36. The molecule has 220 valence electrons. The van der Waals surface area contributed by atoms with Crippen molar-refractivity contribution in [3.05, 3.63) is 52.2 Å². The Morgan fingerprint density at radius 2 is 1.98 bits per heavy atom.